The number of sulfone groups is 1. The Kier molecular flexibility index (Phi) is 5.75. The van der Waals surface area contributed by atoms with Crippen molar-refractivity contribution in [2.24, 2.45) is 5.73 Å². The van der Waals surface area contributed by atoms with Crippen molar-refractivity contribution in [3.8, 4) is 16.9 Å². The number of nitrogens with two attached hydrogens (primary N) is 1. The van der Waals surface area contributed by atoms with Gasteiger partial charge in [0.2, 0.25) is 0 Å². The average molecular weight is 371 g/mol. The van der Waals surface area contributed by atoms with Crippen molar-refractivity contribution in [1.82, 2.24) is 0 Å². The van der Waals surface area contributed by atoms with E-state index in [1.165, 1.54) is 0 Å². The minimum atomic E-state index is -3.48. The van der Waals surface area contributed by atoms with Gasteiger partial charge >= 0.3 is 0 Å². The minimum Gasteiger partial charge on any atom is -0.493 e. The molecular formula is C20H21NO4S. The second kappa shape index (κ2) is 8.21. The fraction of sp³-hybridized carbons (Fsp3) is 0.200. The molecule has 3 aromatic rings. The van der Waals surface area contributed by atoms with Crippen LogP contribution in [0.25, 0.3) is 11.1 Å². The number of hydrogen-bond donors (Lipinski definition) is 1. The molecule has 1 aromatic heterocycles. The molecule has 0 aliphatic carbocycles. The summed E-state index contributed by atoms with van der Waals surface area (Å²) in [5.74, 6) is 0.419. The van der Waals surface area contributed by atoms with Crippen LogP contribution in [0.1, 0.15) is 12.0 Å². The second-order valence-electron chi connectivity index (χ2n) is 5.87. The third-order valence-corrected chi connectivity index (χ3v) is 5.65. The van der Waals surface area contributed by atoms with Crippen molar-refractivity contribution >= 4 is 9.84 Å². The van der Waals surface area contributed by atoms with E-state index in [0.717, 1.165) is 11.1 Å². The first-order chi connectivity index (χ1) is 12.6. The summed E-state index contributed by atoms with van der Waals surface area (Å²) in [5, 5.41) is 0. The maximum atomic E-state index is 12.8. The molecule has 0 fully saturated rings. The van der Waals surface area contributed by atoms with Crippen molar-refractivity contribution in [3.63, 3.8) is 0 Å². The highest BCUT2D eigenvalue weighted by Crippen LogP contribution is 2.35. The van der Waals surface area contributed by atoms with E-state index in [1.807, 2.05) is 18.2 Å². The maximum absolute atomic E-state index is 12.8. The molecule has 0 bridgehead atoms. The second-order valence-corrected chi connectivity index (χ2v) is 7.86. The fourth-order valence-electron chi connectivity index (χ4n) is 2.69. The molecule has 2 aromatic carbocycles. The number of ether oxygens (including phenoxy) is 1. The van der Waals surface area contributed by atoms with E-state index in [-0.39, 0.29) is 5.75 Å². The van der Waals surface area contributed by atoms with Crippen LogP contribution in [0.4, 0.5) is 0 Å². The van der Waals surface area contributed by atoms with Gasteiger partial charge < -0.3 is 14.9 Å². The highest BCUT2D eigenvalue weighted by Gasteiger charge is 2.20. The Bertz CT molecular complexity index is 935. The van der Waals surface area contributed by atoms with Gasteiger partial charge in [-0.3, -0.25) is 0 Å². The van der Waals surface area contributed by atoms with E-state index in [9.17, 15) is 8.42 Å². The first kappa shape index (κ1) is 18.2. The van der Waals surface area contributed by atoms with Gasteiger partial charge in [0.15, 0.2) is 9.84 Å². The van der Waals surface area contributed by atoms with Crippen LogP contribution in [0.5, 0.6) is 5.75 Å². The Morgan fingerprint density at radius 3 is 2.50 bits per heavy atom. The predicted molar refractivity (Wildman–Crippen MR) is 101 cm³/mol. The topological polar surface area (TPSA) is 82.5 Å². The number of hydrogen-bond acceptors (Lipinski definition) is 5. The van der Waals surface area contributed by atoms with Crippen molar-refractivity contribution < 1.29 is 17.6 Å². The predicted octanol–water partition coefficient (Wildman–Crippen LogP) is 3.65. The van der Waals surface area contributed by atoms with Crippen molar-refractivity contribution in [2.45, 2.75) is 17.1 Å². The first-order valence-corrected chi connectivity index (χ1v) is 10.0. The monoisotopic (exact) mass is 371 g/mol. The van der Waals surface area contributed by atoms with E-state index in [0.29, 0.717) is 35.8 Å². The van der Waals surface area contributed by atoms with E-state index >= 15 is 0 Å². The largest absolute Gasteiger partial charge is 0.493 e. The number of para-hydroxylation sites is 1. The normalized spacial score (nSPS) is 11.4. The van der Waals surface area contributed by atoms with Crippen molar-refractivity contribution in [3.05, 3.63) is 72.7 Å². The molecule has 5 nitrogen and oxygen atoms in total. The van der Waals surface area contributed by atoms with E-state index in [1.54, 1.807) is 48.9 Å². The molecule has 0 aliphatic rings. The van der Waals surface area contributed by atoms with Gasteiger partial charge in [-0.05, 0) is 31.2 Å². The minimum absolute atomic E-state index is 0.138. The average Bonchev–Trinajstić information content (AvgIpc) is 3.18. The Balaban J connectivity index is 1.99. The molecule has 0 aliphatic heterocycles. The lowest BCUT2D eigenvalue weighted by Crippen LogP contribution is -2.10. The van der Waals surface area contributed by atoms with Crippen LogP contribution in [0, 0.1) is 0 Å². The lowest BCUT2D eigenvalue weighted by Gasteiger charge is -2.15. The SMILES string of the molecule is NCCCOc1c(CS(=O)(=O)c2ccccc2)cccc1-c1ccoc1. The molecule has 136 valence electrons. The molecule has 3 rings (SSSR count). The van der Waals surface area contributed by atoms with Crippen molar-refractivity contribution in [2.75, 3.05) is 13.2 Å². The standard InChI is InChI=1S/C20H21NO4S/c21-11-5-12-25-20-17(6-4-9-19(20)16-10-13-24-14-16)15-26(22,23)18-7-2-1-3-8-18/h1-4,6-10,13-14H,5,11-12,15,21H2. The molecule has 2 N–H and O–H groups in total. The molecular weight excluding hydrogens is 350 g/mol. The number of furan rings is 1. The summed E-state index contributed by atoms with van der Waals surface area (Å²) < 4.78 is 36.7. The quantitative estimate of drug-likeness (QED) is 0.611. The van der Waals surface area contributed by atoms with Gasteiger partial charge in [0, 0.05) is 16.7 Å². The maximum Gasteiger partial charge on any atom is 0.182 e. The summed E-state index contributed by atoms with van der Waals surface area (Å²) in [5.41, 5.74) is 7.81. The Labute approximate surface area is 153 Å². The van der Waals surface area contributed by atoms with Crippen LogP contribution in [-0.2, 0) is 15.6 Å². The van der Waals surface area contributed by atoms with E-state index in [4.69, 9.17) is 14.9 Å². The Hall–Kier alpha value is -2.57. The first-order valence-electron chi connectivity index (χ1n) is 8.37. The van der Waals surface area contributed by atoms with E-state index in [2.05, 4.69) is 0 Å². The number of rotatable bonds is 8. The van der Waals surface area contributed by atoms with Crippen LogP contribution in [0.2, 0.25) is 0 Å². The van der Waals surface area contributed by atoms with Gasteiger partial charge in [-0.1, -0.05) is 36.4 Å². The van der Waals surface area contributed by atoms with Gasteiger partial charge in [-0.25, -0.2) is 8.42 Å². The Morgan fingerprint density at radius 1 is 1.00 bits per heavy atom. The van der Waals surface area contributed by atoms with Crippen molar-refractivity contribution in [1.29, 1.82) is 0 Å². The summed E-state index contributed by atoms with van der Waals surface area (Å²) in [6, 6.07) is 15.7. The number of benzene rings is 2. The van der Waals surface area contributed by atoms with E-state index < -0.39 is 9.84 Å². The van der Waals surface area contributed by atoms with Gasteiger partial charge in [0.25, 0.3) is 0 Å². The van der Waals surface area contributed by atoms with Crippen LogP contribution >= 0.6 is 0 Å². The van der Waals surface area contributed by atoms with Gasteiger partial charge in [-0.2, -0.15) is 0 Å². The zero-order valence-corrected chi connectivity index (χ0v) is 15.1. The van der Waals surface area contributed by atoms with Crippen LogP contribution in [0.3, 0.4) is 0 Å². The third kappa shape index (κ3) is 4.15. The van der Waals surface area contributed by atoms with Crippen LogP contribution in [0.15, 0.2) is 76.4 Å². The fourth-order valence-corrected chi connectivity index (χ4v) is 4.06. The molecule has 0 saturated carbocycles. The third-order valence-electron chi connectivity index (χ3n) is 3.97. The zero-order chi connectivity index (χ0) is 18.4. The molecule has 0 saturated heterocycles. The summed E-state index contributed by atoms with van der Waals surface area (Å²) in [4.78, 5) is 0.293. The summed E-state index contributed by atoms with van der Waals surface area (Å²) in [6.07, 6.45) is 3.87. The Morgan fingerprint density at radius 2 is 1.81 bits per heavy atom. The molecule has 0 radical (unpaired) electrons. The summed E-state index contributed by atoms with van der Waals surface area (Å²) in [7, 11) is -3.48. The van der Waals surface area contributed by atoms with Gasteiger partial charge in [-0.15, -0.1) is 0 Å². The van der Waals surface area contributed by atoms with Crippen LogP contribution in [-0.4, -0.2) is 21.6 Å². The molecule has 26 heavy (non-hydrogen) atoms. The van der Waals surface area contributed by atoms with Gasteiger partial charge in [0.05, 0.1) is 29.8 Å². The van der Waals surface area contributed by atoms with Crippen LogP contribution < -0.4 is 10.5 Å². The molecule has 0 atom stereocenters. The highest BCUT2D eigenvalue weighted by atomic mass is 32.2. The molecule has 0 spiro atoms. The summed E-state index contributed by atoms with van der Waals surface area (Å²) >= 11 is 0. The smallest absolute Gasteiger partial charge is 0.182 e. The zero-order valence-electron chi connectivity index (χ0n) is 14.3. The molecule has 0 amide bonds. The lowest BCUT2D eigenvalue weighted by atomic mass is 10.0. The molecule has 1 heterocycles. The molecule has 6 heteroatoms. The lowest BCUT2D eigenvalue weighted by molar-refractivity contribution is 0.312. The molecule has 0 unspecified atom stereocenters. The highest BCUT2D eigenvalue weighted by molar-refractivity contribution is 7.90. The van der Waals surface area contributed by atoms with Gasteiger partial charge in [0.1, 0.15) is 5.75 Å². The summed E-state index contributed by atoms with van der Waals surface area (Å²) in [6.45, 7) is 0.926.